The third-order valence-corrected chi connectivity index (χ3v) is 2.91. The maximum Gasteiger partial charge on any atom is 0.0435 e. The van der Waals surface area contributed by atoms with E-state index in [0.717, 1.165) is 4.47 Å². The van der Waals surface area contributed by atoms with E-state index in [1.807, 2.05) is 6.20 Å². The van der Waals surface area contributed by atoms with Crippen molar-refractivity contribution in [2.75, 3.05) is 0 Å². The zero-order valence-electron chi connectivity index (χ0n) is 8.96. The fourth-order valence-electron chi connectivity index (χ4n) is 1.77. The van der Waals surface area contributed by atoms with E-state index in [2.05, 4.69) is 46.9 Å². The lowest BCUT2D eigenvalue weighted by molar-refractivity contribution is 0.548. The molecule has 0 saturated carbocycles. The molecule has 0 radical (unpaired) electrons. The average molecular weight is 256 g/mol. The van der Waals surface area contributed by atoms with Crippen molar-refractivity contribution >= 4 is 15.9 Å². The summed E-state index contributed by atoms with van der Waals surface area (Å²) in [5.41, 5.74) is 1.25. The van der Waals surface area contributed by atoms with Crippen LogP contribution in [0.5, 0.6) is 0 Å². The van der Waals surface area contributed by atoms with Gasteiger partial charge in [-0.3, -0.25) is 4.98 Å². The monoisotopic (exact) mass is 255 g/mol. The highest BCUT2D eigenvalue weighted by atomic mass is 79.9. The molecule has 0 aliphatic carbocycles. The lowest BCUT2D eigenvalue weighted by Crippen LogP contribution is -2.00. The number of rotatable bonds is 5. The first-order valence-electron chi connectivity index (χ1n) is 5.39. The summed E-state index contributed by atoms with van der Waals surface area (Å²) in [4.78, 5) is 4.47. The Hall–Kier alpha value is -0.370. The number of hydrogen-bond acceptors (Lipinski definition) is 1. The highest BCUT2D eigenvalue weighted by Crippen LogP contribution is 2.25. The van der Waals surface area contributed by atoms with Crippen LogP contribution in [0.2, 0.25) is 0 Å². The smallest absolute Gasteiger partial charge is 0.0435 e. The van der Waals surface area contributed by atoms with Crippen molar-refractivity contribution in [2.24, 2.45) is 0 Å². The third kappa shape index (κ3) is 3.41. The third-order valence-electron chi connectivity index (χ3n) is 2.44. The van der Waals surface area contributed by atoms with E-state index in [1.165, 1.54) is 31.4 Å². The predicted octanol–water partition coefficient (Wildman–Crippen LogP) is 4.53. The quantitative estimate of drug-likeness (QED) is 0.754. The van der Waals surface area contributed by atoms with Crippen molar-refractivity contribution in [1.29, 1.82) is 0 Å². The Morgan fingerprint density at radius 3 is 2.29 bits per heavy atom. The Kier molecular flexibility index (Phi) is 5.16. The molecule has 0 aromatic carbocycles. The maximum atomic E-state index is 4.47. The van der Waals surface area contributed by atoms with E-state index >= 15 is 0 Å². The Balaban J connectivity index is 2.71. The van der Waals surface area contributed by atoms with Gasteiger partial charge in [-0.25, -0.2) is 0 Å². The van der Waals surface area contributed by atoms with Gasteiger partial charge >= 0.3 is 0 Å². The van der Waals surface area contributed by atoms with Gasteiger partial charge in [-0.15, -0.1) is 0 Å². The fraction of sp³-hybridized carbons (Fsp3) is 0.583. The largest absolute Gasteiger partial charge is 0.260 e. The minimum Gasteiger partial charge on any atom is -0.260 e. The Labute approximate surface area is 95.1 Å². The summed E-state index contributed by atoms with van der Waals surface area (Å²) >= 11 is 3.41. The standard InChI is InChI=1S/C12H18BrN/c1-3-5-10(6-4-2)12-8-7-11(13)9-14-12/h7-10H,3-6H2,1-2H3. The van der Waals surface area contributed by atoms with Crippen LogP contribution in [-0.2, 0) is 0 Å². The highest BCUT2D eigenvalue weighted by molar-refractivity contribution is 9.10. The zero-order valence-corrected chi connectivity index (χ0v) is 10.5. The molecule has 0 amide bonds. The van der Waals surface area contributed by atoms with Crippen molar-refractivity contribution in [2.45, 2.75) is 45.4 Å². The van der Waals surface area contributed by atoms with Crippen LogP contribution >= 0.6 is 15.9 Å². The molecule has 78 valence electrons. The van der Waals surface area contributed by atoms with Crippen LogP contribution < -0.4 is 0 Å². The summed E-state index contributed by atoms with van der Waals surface area (Å²) in [6.07, 6.45) is 6.88. The summed E-state index contributed by atoms with van der Waals surface area (Å²) in [5, 5.41) is 0. The molecule has 1 aromatic heterocycles. The van der Waals surface area contributed by atoms with Gasteiger partial charge in [-0.05, 0) is 40.9 Å². The fourth-order valence-corrected chi connectivity index (χ4v) is 2.00. The molecule has 0 N–H and O–H groups in total. The second kappa shape index (κ2) is 6.18. The maximum absolute atomic E-state index is 4.47. The van der Waals surface area contributed by atoms with E-state index < -0.39 is 0 Å². The highest BCUT2D eigenvalue weighted by Gasteiger charge is 2.10. The molecule has 1 aromatic rings. The number of hydrogen-bond donors (Lipinski definition) is 0. The van der Waals surface area contributed by atoms with Gasteiger partial charge in [-0.2, -0.15) is 0 Å². The van der Waals surface area contributed by atoms with Gasteiger partial charge < -0.3 is 0 Å². The van der Waals surface area contributed by atoms with Crippen molar-refractivity contribution in [3.05, 3.63) is 28.5 Å². The summed E-state index contributed by atoms with van der Waals surface area (Å²) in [7, 11) is 0. The van der Waals surface area contributed by atoms with Gasteiger partial charge in [0.15, 0.2) is 0 Å². The lowest BCUT2D eigenvalue weighted by atomic mass is 9.94. The lowest BCUT2D eigenvalue weighted by Gasteiger charge is -2.14. The molecule has 14 heavy (non-hydrogen) atoms. The molecule has 2 heteroatoms. The molecule has 1 heterocycles. The molecule has 0 aliphatic heterocycles. The normalized spacial score (nSPS) is 10.9. The van der Waals surface area contributed by atoms with E-state index in [4.69, 9.17) is 0 Å². The molecule has 0 spiro atoms. The Morgan fingerprint density at radius 2 is 1.86 bits per heavy atom. The number of aromatic nitrogens is 1. The number of pyridine rings is 1. The van der Waals surface area contributed by atoms with Crippen molar-refractivity contribution in [1.82, 2.24) is 4.98 Å². The minimum absolute atomic E-state index is 0.651. The molecule has 1 rings (SSSR count). The van der Waals surface area contributed by atoms with E-state index in [1.54, 1.807) is 0 Å². The van der Waals surface area contributed by atoms with Crippen LogP contribution in [0.3, 0.4) is 0 Å². The van der Waals surface area contributed by atoms with Gasteiger partial charge in [0.2, 0.25) is 0 Å². The van der Waals surface area contributed by atoms with Gasteiger partial charge in [0.25, 0.3) is 0 Å². The second-order valence-electron chi connectivity index (χ2n) is 3.68. The number of nitrogens with zero attached hydrogens (tertiary/aromatic N) is 1. The van der Waals surface area contributed by atoms with Crippen LogP contribution in [0.25, 0.3) is 0 Å². The second-order valence-corrected chi connectivity index (χ2v) is 4.59. The Bertz CT molecular complexity index is 250. The van der Waals surface area contributed by atoms with Crippen LogP contribution in [0.15, 0.2) is 22.8 Å². The van der Waals surface area contributed by atoms with Crippen LogP contribution in [0.1, 0.15) is 51.1 Å². The molecule has 0 aliphatic rings. The SMILES string of the molecule is CCCC(CCC)c1ccc(Br)cn1. The first kappa shape index (κ1) is 11.7. The van der Waals surface area contributed by atoms with Crippen molar-refractivity contribution < 1.29 is 0 Å². The van der Waals surface area contributed by atoms with Gasteiger partial charge in [0.1, 0.15) is 0 Å². The average Bonchev–Trinajstić information content (AvgIpc) is 2.19. The summed E-state index contributed by atoms with van der Waals surface area (Å²) in [6.45, 7) is 4.48. The zero-order chi connectivity index (χ0) is 10.4. The van der Waals surface area contributed by atoms with Crippen LogP contribution in [0.4, 0.5) is 0 Å². The van der Waals surface area contributed by atoms with E-state index in [-0.39, 0.29) is 0 Å². The molecule has 0 unspecified atom stereocenters. The summed E-state index contributed by atoms with van der Waals surface area (Å²) in [6, 6.07) is 4.22. The van der Waals surface area contributed by atoms with Crippen molar-refractivity contribution in [3.8, 4) is 0 Å². The van der Waals surface area contributed by atoms with Crippen LogP contribution in [-0.4, -0.2) is 4.98 Å². The van der Waals surface area contributed by atoms with E-state index in [0.29, 0.717) is 5.92 Å². The molecule has 0 atom stereocenters. The van der Waals surface area contributed by atoms with Gasteiger partial charge in [0.05, 0.1) is 0 Å². The van der Waals surface area contributed by atoms with E-state index in [9.17, 15) is 0 Å². The number of halogens is 1. The minimum atomic E-state index is 0.651. The molecule has 0 saturated heterocycles. The molecular weight excluding hydrogens is 238 g/mol. The molecule has 1 nitrogen and oxygen atoms in total. The summed E-state index contributed by atoms with van der Waals surface area (Å²) in [5.74, 6) is 0.651. The van der Waals surface area contributed by atoms with Gasteiger partial charge in [-0.1, -0.05) is 26.7 Å². The molecule has 0 bridgehead atoms. The molecular formula is C12H18BrN. The predicted molar refractivity (Wildman–Crippen MR) is 64.5 cm³/mol. The van der Waals surface area contributed by atoms with Crippen molar-refractivity contribution in [3.63, 3.8) is 0 Å². The first-order chi connectivity index (χ1) is 6.77. The summed E-state index contributed by atoms with van der Waals surface area (Å²) < 4.78 is 1.06. The van der Waals surface area contributed by atoms with Crippen LogP contribution in [0, 0.1) is 0 Å². The topological polar surface area (TPSA) is 12.9 Å². The Morgan fingerprint density at radius 1 is 1.21 bits per heavy atom. The first-order valence-corrected chi connectivity index (χ1v) is 6.18. The molecule has 0 fully saturated rings. The van der Waals surface area contributed by atoms with Gasteiger partial charge in [0, 0.05) is 22.3 Å².